The van der Waals surface area contributed by atoms with Crippen LogP contribution in [0.2, 0.25) is 0 Å². The van der Waals surface area contributed by atoms with Crippen LogP contribution in [-0.4, -0.2) is 25.7 Å². The van der Waals surface area contributed by atoms with Crippen molar-refractivity contribution in [1.82, 2.24) is 25.0 Å². The molecule has 138 valence electrons. The van der Waals surface area contributed by atoms with Crippen LogP contribution in [0, 0.1) is 0 Å². The fraction of sp³-hybridized carbons (Fsp3) is 0.389. The first kappa shape index (κ1) is 18.2. The highest BCUT2D eigenvalue weighted by Crippen LogP contribution is 2.18. The molecule has 0 saturated carbocycles. The molecule has 3 rings (SSSR count). The fourth-order valence-corrected chi connectivity index (χ4v) is 3.40. The molecule has 0 aliphatic rings. The molecule has 0 aliphatic carbocycles. The lowest BCUT2D eigenvalue weighted by Gasteiger charge is -2.24. The van der Waals surface area contributed by atoms with E-state index in [9.17, 15) is 4.79 Å². The van der Waals surface area contributed by atoms with Crippen LogP contribution in [0.15, 0.2) is 46.7 Å². The van der Waals surface area contributed by atoms with E-state index in [1.807, 2.05) is 41.1 Å². The number of nitrogens with one attached hydrogen (secondary N) is 1. The maximum Gasteiger partial charge on any atom is 0.318 e. The van der Waals surface area contributed by atoms with Gasteiger partial charge in [-0.3, -0.25) is 0 Å². The number of hydrogen-bond acceptors (Lipinski definition) is 5. The summed E-state index contributed by atoms with van der Waals surface area (Å²) in [4.78, 5) is 15.8. The van der Waals surface area contributed by atoms with Crippen molar-refractivity contribution in [3.8, 4) is 0 Å². The van der Waals surface area contributed by atoms with Crippen molar-refractivity contribution in [1.29, 1.82) is 0 Å². The molecule has 0 saturated heterocycles. The Kier molecular flexibility index (Phi) is 5.72. The first-order chi connectivity index (χ1) is 12.5. The highest BCUT2D eigenvalue weighted by Gasteiger charge is 2.22. The van der Waals surface area contributed by atoms with Crippen molar-refractivity contribution in [3.05, 3.63) is 58.7 Å². The summed E-state index contributed by atoms with van der Waals surface area (Å²) in [6, 6.07) is 7.50. The second-order valence-corrected chi connectivity index (χ2v) is 7.41. The molecule has 1 N–H and O–H groups in total. The molecule has 0 aromatic carbocycles. The number of carbonyl (C=O) groups is 1. The van der Waals surface area contributed by atoms with Gasteiger partial charge in [0.05, 0.1) is 25.4 Å². The van der Waals surface area contributed by atoms with E-state index in [0.717, 1.165) is 16.5 Å². The second kappa shape index (κ2) is 8.18. The number of furan rings is 1. The molecule has 8 heteroatoms. The zero-order valence-corrected chi connectivity index (χ0v) is 15.9. The minimum absolute atomic E-state index is 0.166. The number of rotatable bonds is 7. The average molecular weight is 373 g/mol. The Hall–Kier alpha value is -2.61. The fourth-order valence-electron chi connectivity index (χ4n) is 2.68. The van der Waals surface area contributed by atoms with Gasteiger partial charge in [-0.2, -0.15) is 0 Å². The normalized spacial score (nSPS) is 12.3. The van der Waals surface area contributed by atoms with Gasteiger partial charge < -0.3 is 19.2 Å². The summed E-state index contributed by atoms with van der Waals surface area (Å²) in [5.41, 5.74) is 0. The Morgan fingerprint density at radius 3 is 2.81 bits per heavy atom. The molecule has 1 atom stereocenters. The van der Waals surface area contributed by atoms with E-state index in [1.54, 1.807) is 28.8 Å². The number of thiophene rings is 1. The van der Waals surface area contributed by atoms with Crippen LogP contribution in [-0.2, 0) is 13.1 Å². The first-order valence-electron chi connectivity index (χ1n) is 8.54. The Morgan fingerprint density at radius 1 is 1.31 bits per heavy atom. The van der Waals surface area contributed by atoms with Crippen LogP contribution in [0.25, 0.3) is 0 Å². The minimum Gasteiger partial charge on any atom is -0.467 e. The number of aromatic nitrogens is 3. The second-order valence-electron chi connectivity index (χ2n) is 6.38. The molecule has 2 amide bonds. The zero-order valence-electron chi connectivity index (χ0n) is 15.1. The third kappa shape index (κ3) is 4.32. The van der Waals surface area contributed by atoms with E-state index in [-0.39, 0.29) is 18.1 Å². The summed E-state index contributed by atoms with van der Waals surface area (Å²) in [5.74, 6) is 1.48. The minimum atomic E-state index is -0.255. The van der Waals surface area contributed by atoms with Gasteiger partial charge in [-0.05, 0) is 44.4 Å². The third-order valence-corrected chi connectivity index (χ3v) is 4.89. The van der Waals surface area contributed by atoms with Gasteiger partial charge >= 0.3 is 6.03 Å². The van der Waals surface area contributed by atoms with E-state index >= 15 is 0 Å². The van der Waals surface area contributed by atoms with Gasteiger partial charge in [0.25, 0.3) is 0 Å². The van der Waals surface area contributed by atoms with Gasteiger partial charge in [-0.1, -0.05) is 6.07 Å². The molecule has 0 radical (unpaired) electrons. The summed E-state index contributed by atoms with van der Waals surface area (Å²) in [5, 5.41) is 13.2. The van der Waals surface area contributed by atoms with Gasteiger partial charge in [-0.15, -0.1) is 21.5 Å². The van der Waals surface area contributed by atoms with E-state index < -0.39 is 0 Å². The topological polar surface area (TPSA) is 76.2 Å². The molecule has 0 aliphatic heterocycles. The molecule has 3 aromatic heterocycles. The smallest absolute Gasteiger partial charge is 0.318 e. The lowest BCUT2D eigenvalue weighted by atomic mass is 10.3. The SMILES string of the molecule is CC(C)n1cnnc1[C@@H](C)NC(=O)N(Cc1ccco1)Cc1cccs1. The van der Waals surface area contributed by atoms with Crippen LogP contribution >= 0.6 is 11.3 Å². The Bertz CT molecular complexity index is 774. The third-order valence-electron chi connectivity index (χ3n) is 4.03. The summed E-state index contributed by atoms with van der Waals surface area (Å²) >= 11 is 1.63. The first-order valence-corrected chi connectivity index (χ1v) is 9.42. The van der Waals surface area contributed by atoms with E-state index in [2.05, 4.69) is 29.4 Å². The van der Waals surface area contributed by atoms with Gasteiger partial charge in [0.15, 0.2) is 5.82 Å². The quantitative estimate of drug-likeness (QED) is 0.679. The highest BCUT2D eigenvalue weighted by molar-refractivity contribution is 7.09. The number of hydrogen-bond donors (Lipinski definition) is 1. The summed E-state index contributed by atoms with van der Waals surface area (Å²) in [6.45, 7) is 6.95. The molecule has 0 fully saturated rings. The number of nitrogens with zero attached hydrogens (tertiary/aromatic N) is 4. The Labute approximate surface area is 156 Å². The molecule has 7 nitrogen and oxygen atoms in total. The predicted molar refractivity (Wildman–Crippen MR) is 99.6 cm³/mol. The van der Waals surface area contributed by atoms with E-state index in [0.29, 0.717) is 13.1 Å². The van der Waals surface area contributed by atoms with Crippen LogP contribution in [0.5, 0.6) is 0 Å². The molecular weight excluding hydrogens is 350 g/mol. The lowest BCUT2D eigenvalue weighted by Crippen LogP contribution is -2.40. The summed E-state index contributed by atoms with van der Waals surface area (Å²) < 4.78 is 7.38. The largest absolute Gasteiger partial charge is 0.467 e. The summed E-state index contributed by atoms with van der Waals surface area (Å²) in [6.07, 6.45) is 3.30. The van der Waals surface area contributed by atoms with Crippen molar-refractivity contribution >= 4 is 17.4 Å². The zero-order chi connectivity index (χ0) is 18.5. The summed E-state index contributed by atoms with van der Waals surface area (Å²) in [7, 11) is 0. The maximum absolute atomic E-state index is 12.9. The molecule has 0 spiro atoms. The maximum atomic E-state index is 12.9. The molecule has 26 heavy (non-hydrogen) atoms. The van der Waals surface area contributed by atoms with Crippen molar-refractivity contribution in [2.45, 2.75) is 45.9 Å². The van der Waals surface area contributed by atoms with Crippen LogP contribution in [0.3, 0.4) is 0 Å². The number of urea groups is 1. The van der Waals surface area contributed by atoms with Gasteiger partial charge in [0, 0.05) is 10.9 Å². The molecule has 0 bridgehead atoms. The Morgan fingerprint density at radius 2 is 2.15 bits per heavy atom. The van der Waals surface area contributed by atoms with Crippen molar-refractivity contribution < 1.29 is 9.21 Å². The monoisotopic (exact) mass is 373 g/mol. The van der Waals surface area contributed by atoms with Crippen molar-refractivity contribution in [2.24, 2.45) is 0 Å². The van der Waals surface area contributed by atoms with Crippen LogP contribution in [0.1, 0.15) is 49.3 Å². The molecular formula is C18H23N5O2S. The van der Waals surface area contributed by atoms with Crippen molar-refractivity contribution in [2.75, 3.05) is 0 Å². The standard InChI is InChI=1S/C18H23N5O2S/c1-13(2)23-12-19-21-17(23)14(3)20-18(24)22(10-15-6-4-8-25-15)11-16-7-5-9-26-16/h4-9,12-14H,10-11H2,1-3H3,(H,20,24)/t14-/m1/s1. The predicted octanol–water partition coefficient (Wildman–Crippen LogP) is 3.99. The number of carbonyl (C=O) groups excluding carboxylic acids is 1. The molecule has 3 aromatic rings. The molecule has 3 heterocycles. The van der Waals surface area contributed by atoms with Crippen LogP contribution in [0.4, 0.5) is 4.79 Å². The lowest BCUT2D eigenvalue weighted by molar-refractivity contribution is 0.184. The van der Waals surface area contributed by atoms with Gasteiger partial charge in [-0.25, -0.2) is 4.79 Å². The Balaban J connectivity index is 1.72. The van der Waals surface area contributed by atoms with Gasteiger partial charge in [0.1, 0.15) is 12.1 Å². The van der Waals surface area contributed by atoms with Crippen molar-refractivity contribution in [3.63, 3.8) is 0 Å². The highest BCUT2D eigenvalue weighted by atomic mass is 32.1. The van der Waals surface area contributed by atoms with Gasteiger partial charge in [0.2, 0.25) is 0 Å². The van der Waals surface area contributed by atoms with E-state index in [4.69, 9.17) is 4.42 Å². The van der Waals surface area contributed by atoms with Crippen LogP contribution < -0.4 is 5.32 Å². The van der Waals surface area contributed by atoms with E-state index in [1.165, 1.54) is 0 Å². The molecule has 0 unspecified atom stereocenters. The number of amides is 2. The average Bonchev–Trinajstić information content (AvgIpc) is 3.36.